The number of hydrogen-bond donors (Lipinski definition) is 0. The van der Waals surface area contributed by atoms with E-state index in [1.165, 1.54) is 23.9 Å². The molecule has 1 aliphatic heterocycles. The van der Waals surface area contributed by atoms with Gasteiger partial charge in [-0.1, -0.05) is 49.3 Å². The molecule has 0 aliphatic carbocycles. The van der Waals surface area contributed by atoms with Crippen LogP contribution in [-0.2, 0) is 4.79 Å². The number of hydrogen-bond acceptors (Lipinski definition) is 6. The molecular formula is C22H20ClFN4O2S. The van der Waals surface area contributed by atoms with Gasteiger partial charge >= 0.3 is 0 Å². The topological polar surface area (TPSA) is 68.2 Å². The van der Waals surface area contributed by atoms with E-state index in [0.717, 1.165) is 5.75 Å². The summed E-state index contributed by atoms with van der Waals surface area (Å²) in [6, 6.07) is 11.1. The molecule has 0 spiro atoms. The Hall–Kier alpha value is -2.71. The number of nitrogens with zero attached hydrogens (tertiary/aromatic N) is 4. The van der Waals surface area contributed by atoms with Gasteiger partial charge in [-0.2, -0.15) is 4.98 Å². The first-order valence-electron chi connectivity index (χ1n) is 9.93. The molecule has 1 atom stereocenters. The van der Waals surface area contributed by atoms with E-state index in [-0.39, 0.29) is 17.6 Å². The predicted octanol–water partition coefficient (Wildman–Crippen LogP) is 5.67. The Balaban J connectivity index is 1.95. The summed E-state index contributed by atoms with van der Waals surface area (Å²) in [5.74, 6) is 0.507. The van der Waals surface area contributed by atoms with E-state index >= 15 is 0 Å². The maximum atomic E-state index is 13.6. The van der Waals surface area contributed by atoms with Gasteiger partial charge in [-0.25, -0.2) is 4.39 Å². The zero-order valence-corrected chi connectivity index (χ0v) is 18.6. The number of benzene rings is 2. The van der Waals surface area contributed by atoms with Gasteiger partial charge in [-0.15, -0.1) is 10.2 Å². The van der Waals surface area contributed by atoms with Crippen LogP contribution in [0.2, 0.25) is 5.02 Å². The van der Waals surface area contributed by atoms with Crippen molar-refractivity contribution in [1.29, 1.82) is 0 Å². The van der Waals surface area contributed by atoms with Crippen LogP contribution in [0.5, 0.6) is 5.88 Å². The van der Waals surface area contributed by atoms with Crippen molar-refractivity contribution in [2.75, 3.05) is 10.7 Å². The molecule has 1 unspecified atom stereocenters. The zero-order valence-electron chi connectivity index (χ0n) is 17.0. The van der Waals surface area contributed by atoms with Crippen molar-refractivity contribution >= 4 is 35.0 Å². The van der Waals surface area contributed by atoms with Crippen LogP contribution in [0.3, 0.4) is 0 Å². The Bertz CT molecular complexity index is 1110. The fourth-order valence-electron chi connectivity index (χ4n) is 3.38. The lowest BCUT2D eigenvalue weighted by molar-refractivity contribution is -0.120. The van der Waals surface area contributed by atoms with Gasteiger partial charge in [0.25, 0.3) is 0 Å². The maximum absolute atomic E-state index is 13.6. The molecule has 2 aromatic carbocycles. The Morgan fingerprint density at radius 2 is 1.97 bits per heavy atom. The number of amides is 1. The molecule has 3 aromatic rings. The average molecular weight is 459 g/mol. The molecule has 0 fully saturated rings. The molecule has 0 saturated carbocycles. The minimum Gasteiger partial charge on any atom is -0.447 e. The fraction of sp³-hybridized carbons (Fsp3) is 0.273. The van der Waals surface area contributed by atoms with E-state index in [1.807, 2.05) is 13.8 Å². The summed E-state index contributed by atoms with van der Waals surface area (Å²) in [4.78, 5) is 19.4. The van der Waals surface area contributed by atoms with Crippen molar-refractivity contribution in [3.05, 3.63) is 58.9 Å². The highest BCUT2D eigenvalue weighted by atomic mass is 35.5. The molecule has 1 aliphatic rings. The van der Waals surface area contributed by atoms with Crippen molar-refractivity contribution in [2.24, 2.45) is 0 Å². The zero-order chi connectivity index (χ0) is 22.0. The Morgan fingerprint density at radius 3 is 2.68 bits per heavy atom. The van der Waals surface area contributed by atoms with Crippen molar-refractivity contribution in [3.63, 3.8) is 0 Å². The second kappa shape index (κ2) is 9.20. The van der Waals surface area contributed by atoms with Crippen LogP contribution >= 0.6 is 23.4 Å². The number of rotatable bonds is 5. The number of carbonyl (C=O) groups is 1. The lowest BCUT2D eigenvalue weighted by Gasteiger charge is -2.31. The summed E-state index contributed by atoms with van der Waals surface area (Å²) >= 11 is 7.71. The second-order valence-corrected chi connectivity index (χ2v) is 8.55. The number of carbonyl (C=O) groups excluding carboxylic acids is 1. The highest BCUT2D eigenvalue weighted by Gasteiger charge is 2.35. The summed E-state index contributed by atoms with van der Waals surface area (Å²) < 4.78 is 19.9. The summed E-state index contributed by atoms with van der Waals surface area (Å²) in [6.07, 6.45) is 0.128. The number of thioether (sulfide) groups is 1. The molecule has 2 heterocycles. The molecule has 0 radical (unpaired) electrons. The van der Waals surface area contributed by atoms with Gasteiger partial charge in [0.05, 0.1) is 5.69 Å². The standard InChI is InChI=1S/C22H20ClFN4O2S/c1-3-5-18(29)28-17-11-8-14(23)12-16(17)19-20(25-22(27-26-19)31-4-2)30-21(28)13-6-9-15(24)10-7-13/h6-12,21H,3-5H2,1-2H3. The first-order chi connectivity index (χ1) is 15.0. The van der Waals surface area contributed by atoms with Crippen LogP contribution in [0, 0.1) is 5.82 Å². The van der Waals surface area contributed by atoms with Gasteiger partial charge in [0.15, 0.2) is 5.69 Å². The van der Waals surface area contributed by atoms with E-state index in [4.69, 9.17) is 16.3 Å². The lowest BCUT2D eigenvalue weighted by atomic mass is 10.1. The molecule has 6 nitrogen and oxygen atoms in total. The van der Waals surface area contributed by atoms with Gasteiger partial charge < -0.3 is 4.74 Å². The summed E-state index contributed by atoms with van der Waals surface area (Å²) in [6.45, 7) is 3.92. The highest BCUT2D eigenvalue weighted by molar-refractivity contribution is 7.99. The minimum atomic E-state index is -0.850. The van der Waals surface area contributed by atoms with E-state index in [0.29, 0.717) is 45.5 Å². The summed E-state index contributed by atoms with van der Waals surface area (Å²) in [7, 11) is 0. The third kappa shape index (κ3) is 4.36. The van der Waals surface area contributed by atoms with E-state index < -0.39 is 6.23 Å². The average Bonchev–Trinajstić information content (AvgIpc) is 2.89. The van der Waals surface area contributed by atoms with E-state index in [2.05, 4.69) is 15.2 Å². The molecule has 160 valence electrons. The first kappa shape index (κ1) is 21.5. The number of ether oxygens (including phenoxy) is 1. The molecule has 4 rings (SSSR count). The third-order valence-electron chi connectivity index (χ3n) is 4.73. The predicted molar refractivity (Wildman–Crippen MR) is 119 cm³/mol. The molecular weight excluding hydrogens is 439 g/mol. The number of fused-ring (bicyclic) bond motifs is 3. The van der Waals surface area contributed by atoms with Crippen LogP contribution < -0.4 is 9.64 Å². The SMILES string of the molecule is CCCC(=O)N1c2ccc(Cl)cc2-c2nnc(SCC)nc2OC1c1ccc(F)cc1. The first-order valence-corrected chi connectivity index (χ1v) is 11.3. The molecule has 1 amide bonds. The van der Waals surface area contributed by atoms with Gasteiger partial charge in [0, 0.05) is 22.6 Å². The fourth-order valence-corrected chi connectivity index (χ4v) is 4.05. The molecule has 31 heavy (non-hydrogen) atoms. The number of aromatic nitrogens is 3. The largest absolute Gasteiger partial charge is 0.447 e. The van der Waals surface area contributed by atoms with Gasteiger partial charge in [-0.3, -0.25) is 9.69 Å². The molecule has 9 heteroatoms. The van der Waals surface area contributed by atoms with E-state index in [1.54, 1.807) is 35.2 Å². The Morgan fingerprint density at radius 1 is 1.19 bits per heavy atom. The quantitative estimate of drug-likeness (QED) is 0.459. The number of halogens is 2. The van der Waals surface area contributed by atoms with Gasteiger partial charge in [0.1, 0.15) is 5.82 Å². The highest BCUT2D eigenvalue weighted by Crippen LogP contribution is 2.44. The summed E-state index contributed by atoms with van der Waals surface area (Å²) in [5.41, 5.74) is 2.20. The summed E-state index contributed by atoms with van der Waals surface area (Å²) in [5, 5.41) is 9.50. The van der Waals surface area contributed by atoms with Crippen LogP contribution in [0.25, 0.3) is 11.3 Å². The van der Waals surface area contributed by atoms with Crippen LogP contribution in [0.15, 0.2) is 47.6 Å². The molecule has 1 aromatic heterocycles. The monoisotopic (exact) mass is 458 g/mol. The maximum Gasteiger partial charge on any atom is 0.247 e. The van der Waals surface area contributed by atoms with Crippen molar-refractivity contribution in [1.82, 2.24) is 15.2 Å². The minimum absolute atomic E-state index is 0.135. The van der Waals surface area contributed by atoms with Crippen LogP contribution in [0.1, 0.15) is 38.5 Å². The smallest absolute Gasteiger partial charge is 0.247 e. The van der Waals surface area contributed by atoms with Gasteiger partial charge in [-0.05, 0) is 42.5 Å². The van der Waals surface area contributed by atoms with Crippen molar-refractivity contribution in [3.8, 4) is 17.1 Å². The van der Waals surface area contributed by atoms with Gasteiger partial charge in [0.2, 0.25) is 23.2 Å². The molecule has 0 N–H and O–H groups in total. The van der Waals surface area contributed by atoms with Crippen molar-refractivity contribution in [2.45, 2.75) is 38.1 Å². The van der Waals surface area contributed by atoms with E-state index in [9.17, 15) is 9.18 Å². The Labute approximate surface area is 188 Å². The van der Waals surface area contributed by atoms with Crippen LogP contribution in [0.4, 0.5) is 10.1 Å². The third-order valence-corrected chi connectivity index (χ3v) is 5.68. The molecule has 0 bridgehead atoms. The van der Waals surface area contributed by atoms with Crippen LogP contribution in [-0.4, -0.2) is 26.8 Å². The van der Waals surface area contributed by atoms with Crippen molar-refractivity contribution < 1.29 is 13.9 Å². The molecule has 0 saturated heterocycles. The lowest BCUT2D eigenvalue weighted by Crippen LogP contribution is -2.37. The number of anilines is 1. The second-order valence-electron chi connectivity index (χ2n) is 6.88. The Kier molecular flexibility index (Phi) is 6.38. The normalized spacial score (nSPS) is 15.0.